The molecule has 0 amide bonds. The standard InChI is InChI=1S/C11H14F3NO2S/c12-11(13,14)10(6-15)8-18(16,17)7-9-4-2-1-3-5-9/h1-5,10H,6-8,15H2. The van der Waals surface area contributed by atoms with Crippen LogP contribution in [-0.2, 0) is 15.6 Å². The predicted octanol–water partition coefficient (Wildman–Crippen LogP) is 1.74. The van der Waals surface area contributed by atoms with E-state index in [0.717, 1.165) is 0 Å². The molecule has 1 rings (SSSR count). The Morgan fingerprint density at radius 2 is 1.72 bits per heavy atom. The maximum atomic E-state index is 12.4. The van der Waals surface area contributed by atoms with Gasteiger partial charge in [-0.25, -0.2) is 8.42 Å². The van der Waals surface area contributed by atoms with Crippen LogP contribution in [0.1, 0.15) is 5.56 Å². The molecule has 0 aliphatic rings. The fourth-order valence-corrected chi connectivity index (χ4v) is 3.25. The van der Waals surface area contributed by atoms with Crippen LogP contribution in [0.4, 0.5) is 13.2 Å². The van der Waals surface area contributed by atoms with E-state index in [4.69, 9.17) is 5.73 Å². The molecule has 0 aromatic heterocycles. The van der Waals surface area contributed by atoms with Crippen LogP contribution in [0.5, 0.6) is 0 Å². The van der Waals surface area contributed by atoms with Crippen molar-refractivity contribution >= 4 is 9.84 Å². The van der Waals surface area contributed by atoms with Gasteiger partial charge in [0.05, 0.1) is 17.4 Å². The number of rotatable bonds is 5. The first-order valence-electron chi connectivity index (χ1n) is 5.26. The SMILES string of the molecule is NCC(CS(=O)(=O)Cc1ccccc1)C(F)(F)F. The summed E-state index contributed by atoms with van der Waals surface area (Å²) < 4.78 is 60.7. The van der Waals surface area contributed by atoms with E-state index in [1.807, 2.05) is 0 Å². The van der Waals surface area contributed by atoms with Crippen molar-refractivity contribution in [1.29, 1.82) is 0 Å². The van der Waals surface area contributed by atoms with Gasteiger partial charge in [0.25, 0.3) is 0 Å². The summed E-state index contributed by atoms with van der Waals surface area (Å²) in [5.41, 5.74) is 5.44. The van der Waals surface area contributed by atoms with Crippen molar-refractivity contribution in [2.24, 2.45) is 11.7 Å². The van der Waals surface area contributed by atoms with E-state index in [0.29, 0.717) is 5.56 Å². The molecule has 18 heavy (non-hydrogen) atoms. The molecule has 3 nitrogen and oxygen atoms in total. The van der Waals surface area contributed by atoms with Gasteiger partial charge in [-0.15, -0.1) is 0 Å². The van der Waals surface area contributed by atoms with Crippen molar-refractivity contribution in [3.05, 3.63) is 35.9 Å². The largest absolute Gasteiger partial charge is 0.393 e. The van der Waals surface area contributed by atoms with Gasteiger partial charge in [-0.1, -0.05) is 30.3 Å². The first-order chi connectivity index (χ1) is 8.24. The van der Waals surface area contributed by atoms with Crippen molar-refractivity contribution in [1.82, 2.24) is 0 Å². The lowest BCUT2D eigenvalue weighted by molar-refractivity contribution is -0.165. The zero-order valence-corrected chi connectivity index (χ0v) is 10.3. The molecule has 0 aliphatic heterocycles. The van der Waals surface area contributed by atoms with Crippen molar-refractivity contribution in [3.63, 3.8) is 0 Å². The third-order valence-corrected chi connectivity index (χ3v) is 4.12. The Balaban J connectivity index is 2.76. The maximum Gasteiger partial charge on any atom is 0.393 e. The third-order valence-electron chi connectivity index (χ3n) is 2.43. The number of nitrogens with two attached hydrogens (primary N) is 1. The van der Waals surface area contributed by atoms with Crippen molar-refractivity contribution in [2.45, 2.75) is 11.9 Å². The molecule has 1 unspecified atom stereocenters. The summed E-state index contributed by atoms with van der Waals surface area (Å²) >= 11 is 0. The highest BCUT2D eigenvalue weighted by Gasteiger charge is 2.41. The summed E-state index contributed by atoms with van der Waals surface area (Å²) in [5, 5.41) is 0. The summed E-state index contributed by atoms with van der Waals surface area (Å²) in [6, 6.07) is 8.09. The highest BCUT2D eigenvalue weighted by atomic mass is 32.2. The molecule has 0 saturated heterocycles. The quantitative estimate of drug-likeness (QED) is 0.894. The molecule has 0 bridgehead atoms. The molecule has 0 radical (unpaired) electrons. The van der Waals surface area contributed by atoms with Gasteiger partial charge in [0.1, 0.15) is 0 Å². The van der Waals surface area contributed by atoms with E-state index in [1.54, 1.807) is 30.3 Å². The number of hydrogen-bond acceptors (Lipinski definition) is 3. The van der Waals surface area contributed by atoms with Gasteiger partial charge in [-0.2, -0.15) is 13.2 Å². The molecule has 0 spiro atoms. The fourth-order valence-electron chi connectivity index (χ4n) is 1.49. The summed E-state index contributed by atoms with van der Waals surface area (Å²) in [5.74, 6) is -3.38. The van der Waals surface area contributed by atoms with Gasteiger partial charge in [-0.05, 0) is 5.56 Å². The molecule has 0 aliphatic carbocycles. The summed E-state index contributed by atoms with van der Waals surface area (Å²) in [6.45, 7) is -0.725. The minimum absolute atomic E-state index is 0.402. The zero-order valence-electron chi connectivity index (χ0n) is 9.52. The molecule has 1 aromatic rings. The van der Waals surface area contributed by atoms with E-state index < -0.39 is 40.0 Å². The molecule has 1 aromatic carbocycles. The minimum Gasteiger partial charge on any atom is -0.330 e. The lowest BCUT2D eigenvalue weighted by Crippen LogP contribution is -2.36. The van der Waals surface area contributed by atoms with Gasteiger partial charge in [0, 0.05) is 6.54 Å². The van der Waals surface area contributed by atoms with Crippen LogP contribution in [-0.4, -0.2) is 26.9 Å². The molecule has 2 N–H and O–H groups in total. The molecule has 7 heteroatoms. The second kappa shape index (κ2) is 5.71. The zero-order chi connectivity index (χ0) is 13.8. The van der Waals surface area contributed by atoms with E-state index in [-0.39, 0.29) is 0 Å². The molecule has 102 valence electrons. The second-order valence-electron chi connectivity index (χ2n) is 4.01. The Bertz CT molecular complexity index is 471. The second-order valence-corrected chi connectivity index (χ2v) is 6.12. The fraction of sp³-hybridized carbons (Fsp3) is 0.455. The van der Waals surface area contributed by atoms with Crippen molar-refractivity contribution in [2.75, 3.05) is 12.3 Å². The highest BCUT2D eigenvalue weighted by molar-refractivity contribution is 7.90. The monoisotopic (exact) mass is 281 g/mol. The Morgan fingerprint density at radius 3 is 2.17 bits per heavy atom. The first-order valence-corrected chi connectivity index (χ1v) is 7.08. The minimum atomic E-state index is -4.58. The normalized spacial score (nSPS) is 14.4. The average molecular weight is 281 g/mol. The molecule has 1 atom stereocenters. The van der Waals surface area contributed by atoms with E-state index >= 15 is 0 Å². The molecule has 0 saturated carbocycles. The number of hydrogen-bond donors (Lipinski definition) is 1. The lowest BCUT2D eigenvalue weighted by atomic mass is 10.2. The van der Waals surface area contributed by atoms with Crippen molar-refractivity contribution < 1.29 is 21.6 Å². The average Bonchev–Trinajstić information content (AvgIpc) is 2.25. The highest BCUT2D eigenvalue weighted by Crippen LogP contribution is 2.27. The predicted molar refractivity (Wildman–Crippen MR) is 62.5 cm³/mol. The Kier molecular flexibility index (Phi) is 4.75. The van der Waals surface area contributed by atoms with Gasteiger partial charge < -0.3 is 5.73 Å². The number of sulfone groups is 1. The molecular formula is C11H14F3NO2S. The smallest absolute Gasteiger partial charge is 0.330 e. The van der Waals surface area contributed by atoms with Gasteiger partial charge in [0.2, 0.25) is 0 Å². The summed E-state index contributed by atoms with van der Waals surface area (Å²) in [7, 11) is -3.83. The molecule has 0 fully saturated rings. The van der Waals surface area contributed by atoms with Gasteiger partial charge >= 0.3 is 6.18 Å². The van der Waals surface area contributed by atoms with E-state index in [1.165, 1.54) is 0 Å². The number of benzene rings is 1. The van der Waals surface area contributed by atoms with Crippen LogP contribution >= 0.6 is 0 Å². The summed E-state index contributed by atoms with van der Waals surface area (Å²) in [6.07, 6.45) is -4.58. The molecule has 0 heterocycles. The summed E-state index contributed by atoms with van der Waals surface area (Å²) in [4.78, 5) is 0. The Hall–Kier alpha value is -1.08. The van der Waals surface area contributed by atoms with E-state index in [9.17, 15) is 21.6 Å². The van der Waals surface area contributed by atoms with E-state index in [2.05, 4.69) is 0 Å². The van der Waals surface area contributed by atoms with Crippen LogP contribution in [0.3, 0.4) is 0 Å². The molecular weight excluding hydrogens is 267 g/mol. The van der Waals surface area contributed by atoms with Crippen LogP contribution in [0.15, 0.2) is 30.3 Å². The number of alkyl halides is 3. The first kappa shape index (κ1) is 15.0. The van der Waals surface area contributed by atoms with Crippen LogP contribution in [0.2, 0.25) is 0 Å². The van der Waals surface area contributed by atoms with Crippen LogP contribution < -0.4 is 5.73 Å². The third kappa shape index (κ3) is 4.66. The topological polar surface area (TPSA) is 60.2 Å². The van der Waals surface area contributed by atoms with Crippen molar-refractivity contribution in [3.8, 4) is 0 Å². The number of halogens is 3. The maximum absolute atomic E-state index is 12.4. The van der Waals surface area contributed by atoms with Gasteiger partial charge in [0.15, 0.2) is 9.84 Å². The Morgan fingerprint density at radius 1 is 1.17 bits per heavy atom. The van der Waals surface area contributed by atoms with Gasteiger partial charge in [-0.3, -0.25) is 0 Å². The lowest BCUT2D eigenvalue weighted by Gasteiger charge is -2.18. The Labute approximate surface area is 104 Å². The van der Waals surface area contributed by atoms with Crippen LogP contribution in [0.25, 0.3) is 0 Å². The van der Waals surface area contributed by atoms with Crippen LogP contribution in [0, 0.1) is 5.92 Å².